The van der Waals surface area contributed by atoms with Crippen LogP contribution in [0.2, 0.25) is 0 Å². The molecule has 0 spiro atoms. The lowest BCUT2D eigenvalue weighted by Crippen LogP contribution is -2.46. The van der Waals surface area contributed by atoms with Crippen LogP contribution in [0.4, 0.5) is 0 Å². The lowest BCUT2D eigenvalue weighted by molar-refractivity contribution is -0.126. The third-order valence-corrected chi connectivity index (χ3v) is 6.80. The van der Waals surface area contributed by atoms with Crippen LogP contribution >= 0.6 is 0 Å². The summed E-state index contributed by atoms with van der Waals surface area (Å²) in [4.78, 5) is 12.3. The molecule has 2 rings (SSSR count). The number of nitrogens with one attached hydrogen (secondary N) is 1. The number of nitrogens with zero attached hydrogens (tertiary/aromatic N) is 1. The van der Waals surface area contributed by atoms with Gasteiger partial charge in [-0.25, -0.2) is 12.7 Å². The zero-order valence-electron chi connectivity index (χ0n) is 16.0. The monoisotopic (exact) mass is 380 g/mol. The van der Waals surface area contributed by atoms with E-state index in [-0.39, 0.29) is 17.6 Å². The number of carbonyl (C=O) groups is 1. The molecule has 0 aliphatic carbocycles. The Bertz CT molecular complexity index is 659. The molecule has 1 aromatic carbocycles. The molecule has 1 aliphatic rings. The Labute approximate surface area is 158 Å². The first-order valence-corrected chi connectivity index (χ1v) is 11.3. The van der Waals surface area contributed by atoms with Gasteiger partial charge in [-0.1, -0.05) is 44.2 Å². The number of benzene rings is 1. The van der Waals surface area contributed by atoms with Crippen LogP contribution in [0.25, 0.3) is 0 Å². The molecular formula is C20H32N2O3S. The van der Waals surface area contributed by atoms with Crippen LogP contribution in [0.3, 0.4) is 0 Å². The maximum atomic E-state index is 12.6. The van der Waals surface area contributed by atoms with Crippen molar-refractivity contribution >= 4 is 15.9 Å². The van der Waals surface area contributed by atoms with Crippen molar-refractivity contribution in [2.45, 2.75) is 46.0 Å². The number of amides is 1. The molecule has 1 fully saturated rings. The first-order valence-electron chi connectivity index (χ1n) is 9.68. The predicted octanol–water partition coefficient (Wildman–Crippen LogP) is 2.82. The topological polar surface area (TPSA) is 66.5 Å². The first-order chi connectivity index (χ1) is 12.4. The van der Waals surface area contributed by atoms with Crippen LogP contribution < -0.4 is 5.32 Å². The Morgan fingerprint density at radius 2 is 2.00 bits per heavy atom. The minimum Gasteiger partial charge on any atom is -0.356 e. The van der Waals surface area contributed by atoms with Gasteiger partial charge in [0.1, 0.15) is 0 Å². The van der Waals surface area contributed by atoms with E-state index in [0.29, 0.717) is 32.0 Å². The molecule has 1 amide bonds. The van der Waals surface area contributed by atoms with Crippen molar-refractivity contribution < 1.29 is 13.2 Å². The van der Waals surface area contributed by atoms with E-state index in [0.717, 1.165) is 31.2 Å². The van der Waals surface area contributed by atoms with E-state index in [9.17, 15) is 13.2 Å². The Hall–Kier alpha value is -1.40. The predicted molar refractivity (Wildman–Crippen MR) is 105 cm³/mol. The van der Waals surface area contributed by atoms with Crippen LogP contribution in [0.1, 0.15) is 45.1 Å². The van der Waals surface area contributed by atoms with Crippen molar-refractivity contribution in [3.63, 3.8) is 0 Å². The van der Waals surface area contributed by atoms with Crippen molar-refractivity contribution in [2.75, 3.05) is 25.4 Å². The number of carbonyl (C=O) groups excluding carboxylic acids is 1. The van der Waals surface area contributed by atoms with E-state index in [2.05, 4.69) is 19.2 Å². The fourth-order valence-corrected chi connectivity index (χ4v) is 4.85. The minimum atomic E-state index is -3.30. The molecule has 1 unspecified atom stereocenters. The van der Waals surface area contributed by atoms with E-state index in [4.69, 9.17) is 0 Å². The van der Waals surface area contributed by atoms with Crippen LogP contribution in [-0.4, -0.2) is 44.0 Å². The van der Waals surface area contributed by atoms with E-state index in [1.165, 1.54) is 4.31 Å². The van der Waals surface area contributed by atoms with Crippen molar-refractivity contribution in [3.8, 4) is 0 Å². The standard InChI is InChI=1S/C20H32N2O3S/c1-17(2)12-13-21-20(23)19-11-6-14-22(16-19)26(24,25)15-7-10-18-8-4-3-5-9-18/h3-5,8-9,17,19H,6-7,10-16H2,1-2H3,(H,21,23). The number of sulfonamides is 1. The summed E-state index contributed by atoms with van der Waals surface area (Å²) in [5.41, 5.74) is 1.16. The lowest BCUT2D eigenvalue weighted by atomic mass is 9.98. The number of rotatable bonds is 9. The molecule has 0 aromatic heterocycles. The van der Waals surface area contributed by atoms with E-state index in [1.54, 1.807) is 0 Å². The molecule has 1 saturated heterocycles. The Balaban J connectivity index is 1.81. The molecule has 5 nitrogen and oxygen atoms in total. The molecule has 0 saturated carbocycles. The van der Waals surface area contributed by atoms with Crippen LogP contribution in [0, 0.1) is 11.8 Å². The zero-order chi connectivity index (χ0) is 19.0. The maximum Gasteiger partial charge on any atom is 0.224 e. The van der Waals surface area contributed by atoms with Gasteiger partial charge in [-0.05, 0) is 43.6 Å². The van der Waals surface area contributed by atoms with E-state index in [1.807, 2.05) is 30.3 Å². The van der Waals surface area contributed by atoms with Gasteiger partial charge in [0.05, 0.1) is 11.7 Å². The Morgan fingerprint density at radius 1 is 1.27 bits per heavy atom. The van der Waals surface area contributed by atoms with E-state index >= 15 is 0 Å². The summed E-state index contributed by atoms with van der Waals surface area (Å²) in [6, 6.07) is 9.93. The third-order valence-electron chi connectivity index (χ3n) is 4.88. The first kappa shape index (κ1) is 20.9. The van der Waals surface area contributed by atoms with Crippen LogP contribution in [0.15, 0.2) is 30.3 Å². The van der Waals surface area contributed by atoms with Crippen LogP contribution in [-0.2, 0) is 21.2 Å². The SMILES string of the molecule is CC(C)CCNC(=O)C1CCCN(S(=O)(=O)CCCc2ccccc2)C1. The van der Waals surface area contributed by atoms with Crippen molar-refractivity contribution in [2.24, 2.45) is 11.8 Å². The largest absolute Gasteiger partial charge is 0.356 e. The lowest BCUT2D eigenvalue weighted by Gasteiger charge is -2.31. The second kappa shape index (κ2) is 10.1. The fourth-order valence-electron chi connectivity index (χ4n) is 3.27. The Kier molecular flexibility index (Phi) is 8.10. The maximum absolute atomic E-state index is 12.6. The van der Waals surface area contributed by atoms with Crippen molar-refractivity contribution in [1.82, 2.24) is 9.62 Å². The van der Waals surface area contributed by atoms with Crippen molar-refractivity contribution in [1.29, 1.82) is 0 Å². The average molecular weight is 381 g/mol. The molecular weight excluding hydrogens is 348 g/mol. The Morgan fingerprint density at radius 3 is 2.69 bits per heavy atom. The molecule has 6 heteroatoms. The number of aryl methyl sites for hydroxylation is 1. The summed E-state index contributed by atoms with van der Waals surface area (Å²) in [5, 5.41) is 2.96. The van der Waals surface area contributed by atoms with Gasteiger partial charge in [-0.15, -0.1) is 0 Å². The highest BCUT2D eigenvalue weighted by Gasteiger charge is 2.31. The minimum absolute atomic E-state index is 0.00478. The molecule has 1 heterocycles. The second-order valence-corrected chi connectivity index (χ2v) is 9.66. The molecule has 26 heavy (non-hydrogen) atoms. The van der Waals surface area contributed by atoms with Gasteiger partial charge < -0.3 is 5.32 Å². The second-order valence-electron chi connectivity index (χ2n) is 7.58. The molecule has 1 atom stereocenters. The summed E-state index contributed by atoms with van der Waals surface area (Å²) < 4.78 is 26.8. The van der Waals surface area contributed by atoms with Gasteiger partial charge in [-0.2, -0.15) is 0 Å². The zero-order valence-corrected chi connectivity index (χ0v) is 16.8. The van der Waals surface area contributed by atoms with Gasteiger partial charge in [0.2, 0.25) is 15.9 Å². The van der Waals surface area contributed by atoms with E-state index < -0.39 is 10.0 Å². The highest BCUT2D eigenvalue weighted by molar-refractivity contribution is 7.89. The van der Waals surface area contributed by atoms with Gasteiger partial charge >= 0.3 is 0 Å². The number of hydrogen-bond acceptors (Lipinski definition) is 3. The highest BCUT2D eigenvalue weighted by Crippen LogP contribution is 2.20. The summed E-state index contributed by atoms with van der Waals surface area (Å²) in [5.74, 6) is 0.460. The van der Waals surface area contributed by atoms with Crippen LogP contribution in [0.5, 0.6) is 0 Å². The quantitative estimate of drug-likeness (QED) is 0.716. The number of piperidine rings is 1. The number of hydrogen-bond donors (Lipinski definition) is 1. The molecule has 0 bridgehead atoms. The van der Waals surface area contributed by atoms with Gasteiger partial charge in [-0.3, -0.25) is 4.79 Å². The smallest absolute Gasteiger partial charge is 0.224 e. The summed E-state index contributed by atoms with van der Waals surface area (Å²) >= 11 is 0. The van der Waals surface area contributed by atoms with Gasteiger partial charge in [0.25, 0.3) is 0 Å². The molecule has 1 aromatic rings. The van der Waals surface area contributed by atoms with Crippen molar-refractivity contribution in [3.05, 3.63) is 35.9 Å². The van der Waals surface area contributed by atoms with Gasteiger partial charge in [0.15, 0.2) is 0 Å². The molecule has 1 aliphatic heterocycles. The molecule has 146 valence electrons. The molecule has 0 radical (unpaired) electrons. The highest BCUT2D eigenvalue weighted by atomic mass is 32.2. The summed E-state index contributed by atoms with van der Waals surface area (Å²) in [6.45, 7) is 5.76. The average Bonchev–Trinajstić information content (AvgIpc) is 2.62. The molecule has 1 N–H and O–H groups in total. The fraction of sp³-hybridized carbons (Fsp3) is 0.650. The van der Waals surface area contributed by atoms with Gasteiger partial charge in [0, 0.05) is 19.6 Å². The summed E-state index contributed by atoms with van der Waals surface area (Å²) in [7, 11) is -3.30. The third kappa shape index (κ3) is 6.72. The summed E-state index contributed by atoms with van der Waals surface area (Å²) in [6.07, 6.45) is 3.82. The normalized spacial score (nSPS) is 18.8.